The summed E-state index contributed by atoms with van der Waals surface area (Å²) in [6.45, 7) is 0.358. The fourth-order valence-corrected chi connectivity index (χ4v) is 2.23. The number of benzene rings is 2. The molecule has 0 fully saturated rings. The molecule has 7 heteroatoms. The molecule has 2 rings (SSSR count). The summed E-state index contributed by atoms with van der Waals surface area (Å²) in [5, 5.41) is 5.59. The molecule has 0 atom stereocenters. The molecular formula is C18H22N4O3. The lowest BCUT2D eigenvalue weighted by molar-refractivity contribution is 0.0963. The minimum atomic E-state index is -0.137. The highest BCUT2D eigenvalue weighted by Gasteiger charge is 2.06. The topological polar surface area (TPSA) is 98.0 Å². The maximum absolute atomic E-state index is 11.7. The lowest BCUT2D eigenvalue weighted by Crippen LogP contribution is -2.22. The van der Waals surface area contributed by atoms with Gasteiger partial charge >= 0.3 is 0 Å². The van der Waals surface area contributed by atoms with Gasteiger partial charge in [-0.1, -0.05) is 12.1 Å². The SMILES string of the molecule is CNC(=O)c1cccc(CN=C(N)Nc2ccc(OC)c(OC)c2)c1. The van der Waals surface area contributed by atoms with E-state index in [9.17, 15) is 4.79 Å². The minimum absolute atomic E-state index is 0.137. The van der Waals surface area contributed by atoms with Gasteiger partial charge < -0.3 is 25.8 Å². The van der Waals surface area contributed by atoms with Gasteiger partial charge in [-0.05, 0) is 29.8 Å². The summed E-state index contributed by atoms with van der Waals surface area (Å²) in [4.78, 5) is 15.9. The summed E-state index contributed by atoms with van der Waals surface area (Å²) in [6, 6.07) is 12.6. The average Bonchev–Trinajstić information content (AvgIpc) is 2.65. The monoisotopic (exact) mass is 342 g/mol. The molecule has 0 unspecified atom stereocenters. The number of anilines is 1. The van der Waals surface area contributed by atoms with Gasteiger partial charge in [0, 0.05) is 24.4 Å². The molecule has 132 valence electrons. The molecule has 0 bridgehead atoms. The molecule has 1 amide bonds. The van der Waals surface area contributed by atoms with Crippen LogP contribution in [0.2, 0.25) is 0 Å². The maximum atomic E-state index is 11.7. The Morgan fingerprint density at radius 2 is 1.88 bits per heavy atom. The van der Waals surface area contributed by atoms with Crippen molar-refractivity contribution in [2.75, 3.05) is 26.6 Å². The van der Waals surface area contributed by atoms with Gasteiger partial charge in [-0.2, -0.15) is 0 Å². The second kappa shape index (κ2) is 8.58. The van der Waals surface area contributed by atoms with Crippen LogP contribution in [0.4, 0.5) is 5.69 Å². The van der Waals surface area contributed by atoms with Crippen LogP contribution in [-0.2, 0) is 6.54 Å². The molecular weight excluding hydrogens is 320 g/mol. The normalized spacial score (nSPS) is 10.9. The Kier molecular flexibility index (Phi) is 6.22. The summed E-state index contributed by atoms with van der Waals surface area (Å²) in [5.41, 5.74) is 8.13. The van der Waals surface area contributed by atoms with Gasteiger partial charge in [0.15, 0.2) is 17.5 Å². The van der Waals surface area contributed by atoms with E-state index < -0.39 is 0 Å². The molecule has 0 saturated heterocycles. The van der Waals surface area contributed by atoms with Crippen LogP contribution < -0.4 is 25.8 Å². The molecule has 0 saturated carbocycles. The van der Waals surface area contributed by atoms with E-state index >= 15 is 0 Å². The van der Waals surface area contributed by atoms with Crippen molar-refractivity contribution in [1.82, 2.24) is 5.32 Å². The van der Waals surface area contributed by atoms with Crippen LogP contribution in [0, 0.1) is 0 Å². The number of nitrogens with two attached hydrogens (primary N) is 1. The average molecular weight is 342 g/mol. The zero-order chi connectivity index (χ0) is 18.2. The Labute approximate surface area is 146 Å². The molecule has 7 nitrogen and oxygen atoms in total. The molecule has 0 aliphatic heterocycles. The number of amides is 1. The van der Waals surface area contributed by atoms with E-state index in [0.717, 1.165) is 11.3 Å². The second-order valence-electron chi connectivity index (χ2n) is 5.18. The number of methoxy groups -OCH3 is 2. The first kappa shape index (κ1) is 18.1. The third-order valence-electron chi connectivity index (χ3n) is 3.50. The van der Waals surface area contributed by atoms with Crippen LogP contribution in [0.25, 0.3) is 0 Å². The molecule has 4 N–H and O–H groups in total. The van der Waals surface area contributed by atoms with E-state index in [1.54, 1.807) is 45.5 Å². The fourth-order valence-electron chi connectivity index (χ4n) is 2.23. The van der Waals surface area contributed by atoms with Crippen LogP contribution in [0.15, 0.2) is 47.5 Å². The zero-order valence-electron chi connectivity index (χ0n) is 14.5. The van der Waals surface area contributed by atoms with Gasteiger partial charge in [0.25, 0.3) is 5.91 Å². The third-order valence-corrected chi connectivity index (χ3v) is 3.50. The number of guanidine groups is 1. The second-order valence-corrected chi connectivity index (χ2v) is 5.18. The predicted molar refractivity (Wildman–Crippen MR) is 98.3 cm³/mol. The summed E-state index contributed by atoms with van der Waals surface area (Å²) < 4.78 is 10.4. The first-order valence-corrected chi connectivity index (χ1v) is 7.67. The van der Waals surface area contributed by atoms with E-state index in [-0.39, 0.29) is 11.9 Å². The van der Waals surface area contributed by atoms with E-state index in [4.69, 9.17) is 15.2 Å². The summed E-state index contributed by atoms with van der Waals surface area (Å²) in [7, 11) is 4.74. The van der Waals surface area contributed by atoms with Crippen molar-refractivity contribution in [2.24, 2.45) is 10.7 Å². The number of aliphatic imine (C=N–C) groups is 1. The highest BCUT2D eigenvalue weighted by molar-refractivity contribution is 5.94. The quantitative estimate of drug-likeness (QED) is 0.551. The van der Waals surface area contributed by atoms with Gasteiger partial charge in [0.2, 0.25) is 0 Å². The molecule has 0 aromatic heterocycles. The van der Waals surface area contributed by atoms with Crippen molar-refractivity contribution in [2.45, 2.75) is 6.54 Å². The van der Waals surface area contributed by atoms with Crippen molar-refractivity contribution < 1.29 is 14.3 Å². The lowest BCUT2D eigenvalue weighted by Gasteiger charge is -2.11. The van der Waals surface area contributed by atoms with Crippen LogP contribution in [-0.4, -0.2) is 33.1 Å². The van der Waals surface area contributed by atoms with Crippen molar-refractivity contribution in [3.8, 4) is 11.5 Å². The van der Waals surface area contributed by atoms with Crippen molar-refractivity contribution in [3.63, 3.8) is 0 Å². The third kappa shape index (κ3) is 4.87. The highest BCUT2D eigenvalue weighted by atomic mass is 16.5. The number of hydrogen-bond donors (Lipinski definition) is 3. The van der Waals surface area contributed by atoms with E-state index in [0.29, 0.717) is 23.6 Å². The van der Waals surface area contributed by atoms with E-state index in [1.807, 2.05) is 18.2 Å². The minimum Gasteiger partial charge on any atom is -0.493 e. The van der Waals surface area contributed by atoms with Crippen molar-refractivity contribution in [1.29, 1.82) is 0 Å². The Morgan fingerprint density at radius 1 is 1.12 bits per heavy atom. The number of ether oxygens (including phenoxy) is 2. The van der Waals surface area contributed by atoms with Crippen molar-refractivity contribution in [3.05, 3.63) is 53.6 Å². The van der Waals surface area contributed by atoms with Crippen LogP contribution in [0.3, 0.4) is 0 Å². The number of rotatable bonds is 6. The molecule has 0 radical (unpaired) electrons. The largest absolute Gasteiger partial charge is 0.493 e. The van der Waals surface area contributed by atoms with Gasteiger partial charge in [-0.25, -0.2) is 4.99 Å². The van der Waals surface area contributed by atoms with E-state index in [1.165, 1.54) is 0 Å². The standard InChI is InChI=1S/C18H22N4O3/c1-20-17(23)13-6-4-5-12(9-13)11-21-18(19)22-14-7-8-15(24-2)16(10-14)25-3/h4-10H,11H2,1-3H3,(H,20,23)(H3,19,21,22). The summed E-state index contributed by atoms with van der Waals surface area (Å²) >= 11 is 0. The van der Waals surface area contributed by atoms with Gasteiger partial charge in [0.05, 0.1) is 20.8 Å². The molecule has 0 heterocycles. The van der Waals surface area contributed by atoms with E-state index in [2.05, 4.69) is 15.6 Å². The fraction of sp³-hybridized carbons (Fsp3) is 0.222. The number of nitrogens with zero attached hydrogens (tertiary/aromatic N) is 1. The molecule has 2 aromatic rings. The first-order chi connectivity index (χ1) is 12.1. The Morgan fingerprint density at radius 3 is 2.56 bits per heavy atom. The Balaban J connectivity index is 2.06. The zero-order valence-corrected chi connectivity index (χ0v) is 14.5. The summed E-state index contributed by atoms with van der Waals surface area (Å²) in [5.74, 6) is 1.35. The predicted octanol–water partition coefficient (Wildman–Crippen LogP) is 1.99. The van der Waals surface area contributed by atoms with Gasteiger partial charge in [-0.15, -0.1) is 0 Å². The molecule has 0 spiro atoms. The van der Waals surface area contributed by atoms with Crippen LogP contribution in [0.5, 0.6) is 11.5 Å². The van der Waals surface area contributed by atoms with Gasteiger partial charge in [-0.3, -0.25) is 4.79 Å². The number of hydrogen-bond acceptors (Lipinski definition) is 4. The highest BCUT2D eigenvalue weighted by Crippen LogP contribution is 2.29. The first-order valence-electron chi connectivity index (χ1n) is 7.67. The Hall–Kier alpha value is -3.22. The number of carbonyl (C=O) groups excluding carboxylic acids is 1. The number of carbonyl (C=O) groups is 1. The van der Waals surface area contributed by atoms with Crippen LogP contribution >= 0.6 is 0 Å². The molecule has 0 aliphatic rings. The molecule has 0 aliphatic carbocycles. The number of nitrogens with one attached hydrogen (secondary N) is 2. The molecule has 25 heavy (non-hydrogen) atoms. The van der Waals surface area contributed by atoms with Crippen LogP contribution in [0.1, 0.15) is 15.9 Å². The van der Waals surface area contributed by atoms with Crippen molar-refractivity contribution >= 4 is 17.6 Å². The smallest absolute Gasteiger partial charge is 0.251 e. The Bertz CT molecular complexity index is 775. The molecule has 2 aromatic carbocycles. The van der Waals surface area contributed by atoms with Gasteiger partial charge in [0.1, 0.15) is 0 Å². The maximum Gasteiger partial charge on any atom is 0.251 e. The summed E-state index contributed by atoms with van der Waals surface area (Å²) in [6.07, 6.45) is 0. The lowest BCUT2D eigenvalue weighted by atomic mass is 10.1.